The predicted molar refractivity (Wildman–Crippen MR) is 75.8 cm³/mol. The molecule has 19 heavy (non-hydrogen) atoms. The lowest BCUT2D eigenvalue weighted by Gasteiger charge is -2.13. The molecular weight excluding hydrogens is 241 g/mol. The molecule has 0 atom stereocenters. The number of hydrogen-bond donors (Lipinski definition) is 1. The molecule has 3 heteroatoms. The molecule has 2 nitrogen and oxygen atoms in total. The molecule has 2 aromatic rings. The van der Waals surface area contributed by atoms with Crippen molar-refractivity contribution >= 4 is 5.69 Å². The molecule has 0 bridgehead atoms. The highest BCUT2D eigenvalue weighted by molar-refractivity contribution is 5.47. The first-order chi connectivity index (χ1) is 8.99. The maximum Gasteiger partial charge on any atom is 0.131 e. The van der Waals surface area contributed by atoms with E-state index < -0.39 is 0 Å². The van der Waals surface area contributed by atoms with Crippen molar-refractivity contribution in [3.05, 3.63) is 58.4 Å². The molecule has 2 N–H and O–H groups in total. The largest absolute Gasteiger partial charge is 0.488 e. The smallest absolute Gasteiger partial charge is 0.131 e. The summed E-state index contributed by atoms with van der Waals surface area (Å²) in [6.07, 6.45) is 0. The van der Waals surface area contributed by atoms with Crippen LogP contribution in [-0.4, -0.2) is 0 Å². The van der Waals surface area contributed by atoms with Crippen LogP contribution >= 0.6 is 0 Å². The van der Waals surface area contributed by atoms with Crippen molar-refractivity contribution in [1.82, 2.24) is 0 Å². The lowest BCUT2D eigenvalue weighted by atomic mass is 10.1. The molecule has 0 aliphatic carbocycles. The van der Waals surface area contributed by atoms with Crippen molar-refractivity contribution < 1.29 is 9.13 Å². The summed E-state index contributed by atoms with van der Waals surface area (Å²) in [5, 5.41) is 0. The summed E-state index contributed by atoms with van der Waals surface area (Å²) in [6, 6.07) is 8.72. The molecule has 2 aromatic carbocycles. The molecule has 0 saturated carbocycles. The van der Waals surface area contributed by atoms with Crippen molar-refractivity contribution in [2.45, 2.75) is 27.4 Å². The van der Waals surface area contributed by atoms with E-state index in [4.69, 9.17) is 10.5 Å². The molecule has 0 aliphatic heterocycles. The van der Waals surface area contributed by atoms with Gasteiger partial charge in [-0.1, -0.05) is 12.1 Å². The number of benzene rings is 2. The van der Waals surface area contributed by atoms with Crippen LogP contribution in [0.4, 0.5) is 10.1 Å². The van der Waals surface area contributed by atoms with Crippen LogP contribution in [0.5, 0.6) is 5.75 Å². The van der Waals surface area contributed by atoms with Gasteiger partial charge in [-0.05, 0) is 55.7 Å². The van der Waals surface area contributed by atoms with Crippen LogP contribution in [0.3, 0.4) is 0 Å². The second-order valence-corrected chi connectivity index (χ2v) is 4.80. The number of nitrogen functional groups attached to an aromatic ring is 1. The third-order valence-corrected chi connectivity index (χ3v) is 3.29. The van der Waals surface area contributed by atoms with Gasteiger partial charge in [-0.15, -0.1) is 0 Å². The summed E-state index contributed by atoms with van der Waals surface area (Å²) in [4.78, 5) is 0. The average molecular weight is 259 g/mol. The minimum absolute atomic E-state index is 0.141. The highest BCUT2D eigenvalue weighted by Gasteiger charge is 2.09. The topological polar surface area (TPSA) is 35.2 Å². The van der Waals surface area contributed by atoms with Crippen LogP contribution in [0.15, 0.2) is 30.3 Å². The second-order valence-electron chi connectivity index (χ2n) is 4.80. The Morgan fingerprint density at radius 3 is 2.58 bits per heavy atom. The first-order valence-corrected chi connectivity index (χ1v) is 6.22. The lowest BCUT2D eigenvalue weighted by molar-refractivity contribution is 0.298. The Balaban J connectivity index is 2.24. The van der Waals surface area contributed by atoms with Crippen molar-refractivity contribution in [2.24, 2.45) is 0 Å². The predicted octanol–water partition coefficient (Wildman–Crippen LogP) is 3.91. The summed E-state index contributed by atoms with van der Waals surface area (Å²) in [5.41, 5.74) is 9.94. The van der Waals surface area contributed by atoms with Crippen LogP contribution in [0.25, 0.3) is 0 Å². The Morgan fingerprint density at radius 2 is 1.89 bits per heavy atom. The Bertz CT molecular complexity index is 588. The molecule has 100 valence electrons. The van der Waals surface area contributed by atoms with E-state index in [1.165, 1.54) is 6.07 Å². The van der Waals surface area contributed by atoms with E-state index in [2.05, 4.69) is 6.07 Å². The summed E-state index contributed by atoms with van der Waals surface area (Å²) >= 11 is 0. The summed E-state index contributed by atoms with van der Waals surface area (Å²) in [6.45, 7) is 6.18. The standard InChI is InChI=1S/C16H18FNO/c1-10-7-11(2)12(3)16(8-10)19-9-13-14(17)5-4-6-15(13)18/h4-8H,9,18H2,1-3H3. The second kappa shape index (κ2) is 5.31. The Kier molecular flexibility index (Phi) is 3.74. The molecular formula is C16H18FNO. The van der Waals surface area contributed by atoms with E-state index in [1.54, 1.807) is 12.1 Å². The molecule has 0 radical (unpaired) electrons. The summed E-state index contributed by atoms with van der Waals surface area (Å²) < 4.78 is 19.4. The molecule has 0 heterocycles. The van der Waals surface area contributed by atoms with Crippen molar-refractivity contribution in [1.29, 1.82) is 0 Å². The Labute approximate surface area is 113 Å². The summed E-state index contributed by atoms with van der Waals surface area (Å²) in [5.74, 6) is 0.446. The maximum absolute atomic E-state index is 13.7. The van der Waals surface area contributed by atoms with Gasteiger partial charge in [-0.2, -0.15) is 0 Å². The van der Waals surface area contributed by atoms with Crippen LogP contribution in [0, 0.1) is 26.6 Å². The average Bonchev–Trinajstić information content (AvgIpc) is 2.34. The number of halogens is 1. The third-order valence-electron chi connectivity index (χ3n) is 3.29. The summed E-state index contributed by atoms with van der Waals surface area (Å²) in [7, 11) is 0. The molecule has 0 aliphatic rings. The quantitative estimate of drug-likeness (QED) is 0.848. The number of anilines is 1. The molecule has 2 rings (SSSR count). The van der Waals surface area contributed by atoms with Gasteiger partial charge in [0.1, 0.15) is 18.2 Å². The Morgan fingerprint density at radius 1 is 1.16 bits per heavy atom. The number of ether oxygens (including phenoxy) is 1. The fourth-order valence-corrected chi connectivity index (χ4v) is 2.03. The molecule has 0 unspecified atom stereocenters. The van der Waals surface area contributed by atoms with Gasteiger partial charge in [0.2, 0.25) is 0 Å². The van der Waals surface area contributed by atoms with Crippen molar-refractivity contribution in [3.63, 3.8) is 0 Å². The normalized spacial score (nSPS) is 10.5. The minimum Gasteiger partial charge on any atom is -0.488 e. The van der Waals surface area contributed by atoms with E-state index in [0.717, 1.165) is 22.4 Å². The lowest BCUT2D eigenvalue weighted by Crippen LogP contribution is -2.04. The minimum atomic E-state index is -0.331. The first-order valence-electron chi connectivity index (χ1n) is 6.22. The van der Waals surface area contributed by atoms with Gasteiger partial charge in [0.15, 0.2) is 0 Å². The molecule has 0 aromatic heterocycles. The van der Waals surface area contributed by atoms with E-state index in [9.17, 15) is 4.39 Å². The number of hydrogen-bond acceptors (Lipinski definition) is 2. The number of rotatable bonds is 3. The van der Waals surface area contributed by atoms with Gasteiger partial charge in [-0.3, -0.25) is 0 Å². The van der Waals surface area contributed by atoms with Gasteiger partial charge < -0.3 is 10.5 Å². The van der Waals surface area contributed by atoms with E-state index in [0.29, 0.717) is 11.3 Å². The maximum atomic E-state index is 13.7. The van der Waals surface area contributed by atoms with Gasteiger partial charge in [-0.25, -0.2) is 4.39 Å². The van der Waals surface area contributed by atoms with E-state index in [-0.39, 0.29) is 12.4 Å². The Hall–Kier alpha value is -2.03. The highest BCUT2D eigenvalue weighted by Crippen LogP contribution is 2.25. The molecule has 0 amide bonds. The molecule has 0 saturated heterocycles. The zero-order chi connectivity index (χ0) is 14.0. The zero-order valence-corrected chi connectivity index (χ0v) is 11.5. The fourth-order valence-electron chi connectivity index (χ4n) is 2.03. The monoisotopic (exact) mass is 259 g/mol. The van der Waals surface area contributed by atoms with E-state index >= 15 is 0 Å². The third kappa shape index (κ3) is 2.87. The molecule has 0 spiro atoms. The van der Waals surface area contributed by atoms with Gasteiger partial charge >= 0.3 is 0 Å². The van der Waals surface area contributed by atoms with Gasteiger partial charge in [0, 0.05) is 11.3 Å². The molecule has 0 fully saturated rings. The number of aryl methyl sites for hydroxylation is 2. The zero-order valence-electron chi connectivity index (χ0n) is 11.5. The van der Waals surface area contributed by atoms with E-state index in [1.807, 2.05) is 26.8 Å². The number of nitrogens with two attached hydrogens (primary N) is 1. The van der Waals surface area contributed by atoms with Crippen LogP contribution < -0.4 is 10.5 Å². The van der Waals surface area contributed by atoms with Gasteiger partial charge in [0.05, 0.1) is 0 Å². The van der Waals surface area contributed by atoms with Crippen molar-refractivity contribution in [3.8, 4) is 5.75 Å². The van der Waals surface area contributed by atoms with Crippen LogP contribution in [0.2, 0.25) is 0 Å². The highest BCUT2D eigenvalue weighted by atomic mass is 19.1. The first kappa shape index (κ1) is 13.4. The SMILES string of the molecule is Cc1cc(C)c(C)c(OCc2c(N)cccc2F)c1. The van der Waals surface area contributed by atoms with Crippen LogP contribution in [0.1, 0.15) is 22.3 Å². The van der Waals surface area contributed by atoms with Gasteiger partial charge in [0.25, 0.3) is 0 Å². The van der Waals surface area contributed by atoms with Crippen molar-refractivity contribution in [2.75, 3.05) is 5.73 Å². The fraction of sp³-hybridized carbons (Fsp3) is 0.250. The van der Waals surface area contributed by atoms with Crippen LogP contribution in [-0.2, 0) is 6.61 Å².